The van der Waals surface area contributed by atoms with Gasteiger partial charge < -0.3 is 4.98 Å². The quantitative estimate of drug-likeness (QED) is 0.751. The highest BCUT2D eigenvalue weighted by Crippen LogP contribution is 2.35. The summed E-state index contributed by atoms with van der Waals surface area (Å²) in [5.74, 6) is 0.781. The van der Waals surface area contributed by atoms with E-state index in [-0.39, 0.29) is 0 Å². The van der Waals surface area contributed by atoms with E-state index in [9.17, 15) is 0 Å². The number of hydrogen-bond donors (Lipinski definition) is 1. The summed E-state index contributed by atoms with van der Waals surface area (Å²) in [6.45, 7) is 0. The lowest BCUT2D eigenvalue weighted by atomic mass is 9.87. The Bertz CT molecular complexity index is 248. The van der Waals surface area contributed by atoms with Crippen LogP contribution >= 0.6 is 15.9 Å². The third-order valence-electron chi connectivity index (χ3n) is 2.74. The third kappa shape index (κ3) is 1.58. The van der Waals surface area contributed by atoms with Crippen LogP contribution in [0.25, 0.3) is 0 Å². The van der Waals surface area contributed by atoms with Gasteiger partial charge in [-0.05, 0) is 34.8 Å². The molecule has 1 aromatic heterocycles. The molecule has 12 heavy (non-hydrogen) atoms. The van der Waals surface area contributed by atoms with Crippen molar-refractivity contribution < 1.29 is 0 Å². The van der Waals surface area contributed by atoms with Crippen molar-refractivity contribution in [3.8, 4) is 0 Å². The summed E-state index contributed by atoms with van der Waals surface area (Å²) >= 11 is 3.57. The van der Waals surface area contributed by atoms with Crippen LogP contribution in [0.5, 0.6) is 0 Å². The maximum atomic E-state index is 3.57. The molecule has 0 atom stereocenters. The van der Waals surface area contributed by atoms with Gasteiger partial charge in [0.25, 0.3) is 0 Å². The van der Waals surface area contributed by atoms with Gasteiger partial charge >= 0.3 is 0 Å². The van der Waals surface area contributed by atoms with Gasteiger partial charge in [0.1, 0.15) is 0 Å². The highest BCUT2D eigenvalue weighted by molar-refractivity contribution is 9.10. The molecule has 0 aromatic carbocycles. The van der Waals surface area contributed by atoms with Crippen LogP contribution in [0.1, 0.15) is 43.7 Å². The standard InChI is InChI=1S/C10H14BrN/c11-9-6-7-12-10(9)8-4-2-1-3-5-8/h6-8,12H,1-5H2. The van der Waals surface area contributed by atoms with Crippen molar-refractivity contribution in [3.63, 3.8) is 0 Å². The van der Waals surface area contributed by atoms with Crippen molar-refractivity contribution in [1.29, 1.82) is 0 Å². The summed E-state index contributed by atoms with van der Waals surface area (Å²) in [5, 5.41) is 0. The lowest BCUT2D eigenvalue weighted by Gasteiger charge is -2.20. The largest absolute Gasteiger partial charge is 0.364 e. The predicted molar refractivity (Wildman–Crippen MR) is 54.3 cm³/mol. The summed E-state index contributed by atoms with van der Waals surface area (Å²) in [5.41, 5.74) is 1.41. The predicted octanol–water partition coefficient (Wildman–Crippen LogP) is 3.82. The zero-order chi connectivity index (χ0) is 8.39. The molecule has 2 rings (SSSR count). The Morgan fingerprint density at radius 1 is 1.25 bits per heavy atom. The molecule has 0 bridgehead atoms. The van der Waals surface area contributed by atoms with Crippen LogP contribution in [0, 0.1) is 0 Å². The molecule has 0 radical (unpaired) electrons. The third-order valence-corrected chi connectivity index (χ3v) is 3.43. The Kier molecular flexibility index (Phi) is 2.54. The van der Waals surface area contributed by atoms with Crippen molar-refractivity contribution in [3.05, 3.63) is 22.4 Å². The maximum Gasteiger partial charge on any atom is 0.0385 e. The number of nitrogens with one attached hydrogen (secondary N) is 1. The van der Waals surface area contributed by atoms with Crippen LogP contribution in [0.15, 0.2) is 16.7 Å². The van der Waals surface area contributed by atoms with Crippen molar-refractivity contribution in [2.75, 3.05) is 0 Å². The monoisotopic (exact) mass is 227 g/mol. The molecule has 2 heteroatoms. The highest BCUT2D eigenvalue weighted by atomic mass is 79.9. The molecular formula is C10H14BrN. The lowest BCUT2D eigenvalue weighted by molar-refractivity contribution is 0.437. The van der Waals surface area contributed by atoms with E-state index >= 15 is 0 Å². The first-order chi connectivity index (χ1) is 5.88. The van der Waals surface area contributed by atoms with Gasteiger partial charge in [0.05, 0.1) is 0 Å². The second-order valence-corrected chi connectivity index (χ2v) is 4.43. The molecule has 1 aliphatic carbocycles. The number of aromatic amines is 1. The summed E-state index contributed by atoms with van der Waals surface area (Å²) in [7, 11) is 0. The van der Waals surface area contributed by atoms with Gasteiger partial charge in [0, 0.05) is 22.3 Å². The van der Waals surface area contributed by atoms with Crippen LogP contribution < -0.4 is 0 Å². The minimum absolute atomic E-state index is 0.781. The minimum Gasteiger partial charge on any atom is -0.364 e. The fourth-order valence-electron chi connectivity index (χ4n) is 2.07. The van der Waals surface area contributed by atoms with Crippen molar-refractivity contribution in [2.45, 2.75) is 38.0 Å². The van der Waals surface area contributed by atoms with E-state index in [4.69, 9.17) is 0 Å². The molecule has 1 fully saturated rings. The number of hydrogen-bond acceptors (Lipinski definition) is 0. The molecule has 1 nitrogen and oxygen atoms in total. The normalized spacial score (nSPS) is 19.8. The molecule has 1 aromatic rings. The first-order valence-electron chi connectivity index (χ1n) is 4.70. The van der Waals surface area contributed by atoms with Gasteiger partial charge in [-0.1, -0.05) is 19.3 Å². The molecule has 1 N–H and O–H groups in total. The average Bonchev–Trinajstić information content (AvgIpc) is 2.53. The van der Waals surface area contributed by atoms with Crippen LogP contribution in [0.4, 0.5) is 0 Å². The molecule has 0 aliphatic heterocycles. The second-order valence-electron chi connectivity index (χ2n) is 3.57. The summed E-state index contributed by atoms with van der Waals surface area (Å²) in [6, 6.07) is 2.10. The minimum atomic E-state index is 0.781. The van der Waals surface area contributed by atoms with Gasteiger partial charge in [-0.25, -0.2) is 0 Å². The molecule has 0 amide bonds. The molecule has 0 unspecified atom stereocenters. The van der Waals surface area contributed by atoms with Gasteiger partial charge in [-0.15, -0.1) is 0 Å². The molecule has 1 saturated carbocycles. The molecule has 1 aliphatic rings. The average molecular weight is 228 g/mol. The van der Waals surface area contributed by atoms with Crippen LogP contribution in [-0.2, 0) is 0 Å². The Morgan fingerprint density at radius 3 is 2.58 bits per heavy atom. The summed E-state index contributed by atoms with van der Waals surface area (Å²) in [4.78, 5) is 3.33. The van der Waals surface area contributed by atoms with Crippen LogP contribution in [0.2, 0.25) is 0 Å². The number of aromatic nitrogens is 1. The number of halogens is 1. The van der Waals surface area contributed by atoms with Crippen molar-refractivity contribution in [1.82, 2.24) is 4.98 Å². The Labute approximate surface area is 81.7 Å². The zero-order valence-electron chi connectivity index (χ0n) is 7.15. The lowest BCUT2D eigenvalue weighted by Crippen LogP contribution is -2.05. The summed E-state index contributed by atoms with van der Waals surface area (Å²) in [6.07, 6.45) is 8.97. The Balaban J connectivity index is 2.13. The fraction of sp³-hybridized carbons (Fsp3) is 0.600. The molecule has 1 heterocycles. The summed E-state index contributed by atoms with van der Waals surface area (Å²) < 4.78 is 1.26. The van der Waals surface area contributed by atoms with Crippen molar-refractivity contribution in [2.24, 2.45) is 0 Å². The first kappa shape index (κ1) is 8.36. The first-order valence-corrected chi connectivity index (χ1v) is 5.50. The van der Waals surface area contributed by atoms with E-state index in [0.717, 1.165) is 5.92 Å². The van der Waals surface area contributed by atoms with Gasteiger partial charge in [-0.2, -0.15) is 0 Å². The molecule has 0 saturated heterocycles. The van der Waals surface area contributed by atoms with Crippen LogP contribution in [-0.4, -0.2) is 4.98 Å². The topological polar surface area (TPSA) is 15.8 Å². The molecule has 66 valence electrons. The van der Waals surface area contributed by atoms with E-state index in [2.05, 4.69) is 27.0 Å². The SMILES string of the molecule is Brc1cc[nH]c1C1CCCCC1. The van der Waals surface area contributed by atoms with E-state index in [0.29, 0.717) is 0 Å². The highest BCUT2D eigenvalue weighted by Gasteiger charge is 2.17. The van der Waals surface area contributed by atoms with Crippen molar-refractivity contribution >= 4 is 15.9 Å². The molecular weight excluding hydrogens is 214 g/mol. The fourth-order valence-corrected chi connectivity index (χ4v) is 2.64. The van der Waals surface area contributed by atoms with E-state index in [1.807, 2.05) is 6.20 Å². The van der Waals surface area contributed by atoms with Crippen LogP contribution in [0.3, 0.4) is 0 Å². The van der Waals surface area contributed by atoms with E-state index < -0.39 is 0 Å². The zero-order valence-corrected chi connectivity index (χ0v) is 8.73. The second kappa shape index (κ2) is 3.65. The smallest absolute Gasteiger partial charge is 0.0385 e. The maximum absolute atomic E-state index is 3.57. The van der Waals surface area contributed by atoms with Gasteiger partial charge in [0.2, 0.25) is 0 Å². The van der Waals surface area contributed by atoms with Gasteiger partial charge in [-0.3, -0.25) is 0 Å². The van der Waals surface area contributed by atoms with E-state index in [1.165, 1.54) is 42.3 Å². The van der Waals surface area contributed by atoms with E-state index in [1.54, 1.807) is 0 Å². The number of rotatable bonds is 1. The van der Waals surface area contributed by atoms with Gasteiger partial charge in [0.15, 0.2) is 0 Å². The molecule has 0 spiro atoms. The Hall–Kier alpha value is -0.240. The Morgan fingerprint density at radius 2 is 2.00 bits per heavy atom. The number of H-pyrrole nitrogens is 1.